The highest BCUT2D eigenvalue weighted by Crippen LogP contribution is 2.35. The van der Waals surface area contributed by atoms with E-state index in [4.69, 9.17) is 21.1 Å². The number of aromatic hydroxyl groups is 1. The third kappa shape index (κ3) is 5.28. The molecule has 0 spiro atoms. The summed E-state index contributed by atoms with van der Waals surface area (Å²) in [6.07, 6.45) is 0. The second-order valence-corrected chi connectivity index (χ2v) is 6.59. The maximum atomic E-state index is 12.5. The maximum absolute atomic E-state index is 12.5. The summed E-state index contributed by atoms with van der Waals surface area (Å²) in [5, 5.41) is 9.93. The molecule has 1 N–H and O–H groups in total. The maximum Gasteiger partial charge on any atom is 0.253 e. The van der Waals surface area contributed by atoms with Crippen LogP contribution in [0, 0.1) is 0 Å². The van der Waals surface area contributed by atoms with Crippen LogP contribution in [0.5, 0.6) is 17.2 Å². The number of likely N-dealkylation sites (N-methyl/N-ethyl adjacent to an activating group) is 1. The van der Waals surface area contributed by atoms with Crippen molar-refractivity contribution < 1.29 is 19.4 Å². The smallest absolute Gasteiger partial charge is 0.253 e. The molecule has 2 aromatic carbocycles. The zero-order valence-electron chi connectivity index (χ0n) is 14.0. The number of carbonyl (C=O) groups excluding carboxylic acids is 1. The summed E-state index contributed by atoms with van der Waals surface area (Å²) in [6.45, 7) is 2.90. The number of amides is 1. The summed E-state index contributed by atoms with van der Waals surface area (Å²) in [5.41, 5.74) is 0.345. The molecule has 0 aliphatic carbocycles. The lowest BCUT2D eigenvalue weighted by molar-refractivity contribution is 0.0773. The van der Waals surface area contributed by atoms with E-state index in [9.17, 15) is 9.90 Å². The van der Waals surface area contributed by atoms with E-state index in [2.05, 4.69) is 15.9 Å². The molecule has 0 aliphatic rings. The molecule has 25 heavy (non-hydrogen) atoms. The van der Waals surface area contributed by atoms with Crippen molar-refractivity contribution in [2.75, 3.05) is 26.8 Å². The first-order valence-electron chi connectivity index (χ1n) is 7.71. The number of halogens is 2. The lowest BCUT2D eigenvalue weighted by Gasteiger charge is -2.18. The van der Waals surface area contributed by atoms with Gasteiger partial charge >= 0.3 is 0 Å². The molecule has 0 aromatic heterocycles. The van der Waals surface area contributed by atoms with Crippen LogP contribution in [-0.2, 0) is 0 Å². The summed E-state index contributed by atoms with van der Waals surface area (Å²) >= 11 is 9.33. The highest BCUT2D eigenvalue weighted by molar-refractivity contribution is 9.10. The Hall–Kier alpha value is -1.92. The van der Waals surface area contributed by atoms with E-state index >= 15 is 0 Å². The molecule has 0 unspecified atom stereocenters. The third-order valence-corrected chi connectivity index (χ3v) is 4.25. The van der Waals surface area contributed by atoms with Crippen molar-refractivity contribution >= 4 is 33.4 Å². The molecular weight excluding hydrogens is 410 g/mol. The first-order valence-corrected chi connectivity index (χ1v) is 8.88. The number of benzene rings is 2. The van der Waals surface area contributed by atoms with Gasteiger partial charge in [0, 0.05) is 17.1 Å². The van der Waals surface area contributed by atoms with Crippen molar-refractivity contribution in [3.05, 3.63) is 51.5 Å². The number of carbonyl (C=O) groups is 1. The van der Waals surface area contributed by atoms with Crippen LogP contribution in [0.1, 0.15) is 17.3 Å². The third-order valence-electron chi connectivity index (χ3n) is 3.43. The molecule has 2 rings (SSSR count). The summed E-state index contributed by atoms with van der Waals surface area (Å²) in [5.74, 6) is 0.525. The number of phenolic OH excluding ortho intramolecular Hbond substituents is 1. The van der Waals surface area contributed by atoms with Gasteiger partial charge in [-0.05, 0) is 43.3 Å². The number of hydrogen-bond donors (Lipinski definition) is 1. The SMILES string of the molecule is CCOc1cc(C(=O)N(C)CCOc2ccc(Br)cc2)cc(Cl)c1O. The van der Waals surface area contributed by atoms with Crippen molar-refractivity contribution in [2.24, 2.45) is 0 Å². The molecule has 2 aromatic rings. The van der Waals surface area contributed by atoms with Gasteiger partial charge in [-0.15, -0.1) is 0 Å². The Morgan fingerprint density at radius 2 is 1.92 bits per heavy atom. The van der Waals surface area contributed by atoms with E-state index in [1.165, 1.54) is 17.0 Å². The molecule has 134 valence electrons. The number of phenols is 1. The lowest BCUT2D eigenvalue weighted by Crippen LogP contribution is -2.30. The van der Waals surface area contributed by atoms with Crippen LogP contribution in [0.25, 0.3) is 0 Å². The average Bonchev–Trinajstić information content (AvgIpc) is 2.60. The van der Waals surface area contributed by atoms with E-state index in [-0.39, 0.29) is 22.4 Å². The van der Waals surface area contributed by atoms with Crippen LogP contribution in [0.15, 0.2) is 40.9 Å². The predicted molar refractivity (Wildman–Crippen MR) is 101 cm³/mol. The van der Waals surface area contributed by atoms with E-state index in [0.717, 1.165) is 10.2 Å². The lowest BCUT2D eigenvalue weighted by atomic mass is 10.1. The fraction of sp³-hybridized carbons (Fsp3) is 0.278. The zero-order chi connectivity index (χ0) is 18.4. The number of ether oxygens (including phenoxy) is 2. The fourth-order valence-corrected chi connectivity index (χ4v) is 2.59. The van der Waals surface area contributed by atoms with E-state index in [1.807, 2.05) is 24.3 Å². The van der Waals surface area contributed by atoms with Gasteiger partial charge in [0.15, 0.2) is 11.5 Å². The summed E-state index contributed by atoms with van der Waals surface area (Å²) < 4.78 is 11.9. The van der Waals surface area contributed by atoms with Gasteiger partial charge in [0.05, 0.1) is 18.2 Å². The van der Waals surface area contributed by atoms with Crippen LogP contribution in [0.3, 0.4) is 0 Å². The monoisotopic (exact) mass is 427 g/mol. The first-order chi connectivity index (χ1) is 11.9. The minimum Gasteiger partial charge on any atom is -0.503 e. The van der Waals surface area contributed by atoms with Crippen LogP contribution < -0.4 is 9.47 Å². The van der Waals surface area contributed by atoms with Crippen molar-refractivity contribution in [3.8, 4) is 17.2 Å². The second-order valence-electron chi connectivity index (χ2n) is 5.27. The predicted octanol–water partition coefficient (Wildman–Crippen LogP) is 4.36. The number of hydrogen-bond acceptors (Lipinski definition) is 4. The molecule has 7 heteroatoms. The summed E-state index contributed by atoms with van der Waals surface area (Å²) in [7, 11) is 1.67. The van der Waals surface area contributed by atoms with Crippen LogP contribution in [-0.4, -0.2) is 42.7 Å². The molecule has 0 aliphatic heterocycles. The van der Waals surface area contributed by atoms with Crippen molar-refractivity contribution in [1.82, 2.24) is 4.90 Å². The van der Waals surface area contributed by atoms with Gasteiger partial charge in [-0.3, -0.25) is 4.79 Å². The van der Waals surface area contributed by atoms with Crippen LogP contribution in [0.4, 0.5) is 0 Å². The van der Waals surface area contributed by atoms with Gasteiger partial charge in [0.25, 0.3) is 5.91 Å². The van der Waals surface area contributed by atoms with E-state index in [1.54, 1.807) is 14.0 Å². The molecular formula is C18H19BrClNO4. The molecule has 0 atom stereocenters. The van der Waals surface area contributed by atoms with Gasteiger partial charge in [-0.2, -0.15) is 0 Å². The minimum atomic E-state index is -0.234. The number of rotatable bonds is 7. The topological polar surface area (TPSA) is 59.0 Å². The number of nitrogens with zero attached hydrogens (tertiary/aromatic N) is 1. The summed E-state index contributed by atoms with van der Waals surface area (Å²) in [6, 6.07) is 10.4. The van der Waals surface area contributed by atoms with E-state index < -0.39 is 0 Å². The fourth-order valence-electron chi connectivity index (χ4n) is 2.12. The van der Waals surface area contributed by atoms with Gasteiger partial charge in [-0.25, -0.2) is 0 Å². The second kappa shape index (κ2) is 8.97. The normalized spacial score (nSPS) is 10.4. The molecule has 0 saturated carbocycles. The van der Waals surface area contributed by atoms with Crippen LogP contribution >= 0.6 is 27.5 Å². The van der Waals surface area contributed by atoms with Crippen molar-refractivity contribution in [3.63, 3.8) is 0 Å². The van der Waals surface area contributed by atoms with Crippen LogP contribution in [0.2, 0.25) is 5.02 Å². The Morgan fingerprint density at radius 1 is 1.24 bits per heavy atom. The van der Waals surface area contributed by atoms with E-state index in [0.29, 0.717) is 25.3 Å². The average molecular weight is 429 g/mol. The van der Waals surface area contributed by atoms with Gasteiger partial charge in [0.1, 0.15) is 12.4 Å². The summed E-state index contributed by atoms with van der Waals surface area (Å²) in [4.78, 5) is 14.0. The molecule has 1 amide bonds. The Bertz CT molecular complexity index is 737. The Labute approximate surface area is 160 Å². The molecule has 5 nitrogen and oxygen atoms in total. The van der Waals surface area contributed by atoms with Gasteiger partial charge in [-0.1, -0.05) is 27.5 Å². The Morgan fingerprint density at radius 3 is 2.56 bits per heavy atom. The highest BCUT2D eigenvalue weighted by atomic mass is 79.9. The largest absolute Gasteiger partial charge is 0.503 e. The standard InChI is InChI=1S/C18H19BrClNO4/c1-3-24-16-11-12(10-15(20)17(16)22)18(23)21(2)8-9-25-14-6-4-13(19)5-7-14/h4-7,10-11,22H,3,8-9H2,1-2H3. The quantitative estimate of drug-likeness (QED) is 0.712. The highest BCUT2D eigenvalue weighted by Gasteiger charge is 2.17. The molecule has 0 heterocycles. The zero-order valence-corrected chi connectivity index (χ0v) is 16.3. The van der Waals surface area contributed by atoms with Crippen molar-refractivity contribution in [2.45, 2.75) is 6.92 Å². The van der Waals surface area contributed by atoms with Crippen molar-refractivity contribution in [1.29, 1.82) is 0 Å². The molecule has 0 saturated heterocycles. The Kier molecular flexibility index (Phi) is 6.96. The molecule has 0 bridgehead atoms. The van der Waals surface area contributed by atoms with Gasteiger partial charge < -0.3 is 19.5 Å². The first kappa shape index (κ1) is 19.4. The molecule has 0 radical (unpaired) electrons. The molecule has 0 fully saturated rings. The minimum absolute atomic E-state index is 0.0776. The Balaban J connectivity index is 1.98. The van der Waals surface area contributed by atoms with Gasteiger partial charge in [0.2, 0.25) is 0 Å².